The fourth-order valence-electron chi connectivity index (χ4n) is 2.86. The highest BCUT2D eigenvalue weighted by Gasteiger charge is 2.22. The molecule has 0 saturated heterocycles. The molecular weight excluding hydrogens is 398 g/mol. The number of hydrogen-bond donors (Lipinski definition) is 3. The molecule has 1 aromatic carbocycles. The molecule has 0 aliphatic carbocycles. The molecule has 3 heterocycles. The number of nitrogens with zero attached hydrogens (tertiary/aromatic N) is 5. The number of nitrogens with two attached hydrogens (primary N) is 1. The fraction of sp³-hybridized carbons (Fsp3) is 0.118. The van der Waals surface area contributed by atoms with Crippen LogP contribution >= 0.6 is 0 Å². The summed E-state index contributed by atoms with van der Waals surface area (Å²) in [4.78, 5) is 51.1. The normalized spacial score (nSPS) is 11.1. The second-order valence-corrected chi connectivity index (χ2v) is 6.28. The molecule has 0 unspecified atom stereocenters. The number of hydrogen-bond acceptors (Lipinski definition) is 8. The maximum Gasteiger partial charge on any atom is 0.419 e. The number of primary amides is 1. The zero-order valence-corrected chi connectivity index (χ0v) is 15.3. The predicted molar refractivity (Wildman–Crippen MR) is 98.9 cm³/mol. The van der Waals surface area contributed by atoms with Gasteiger partial charge < -0.3 is 20.6 Å². The van der Waals surface area contributed by atoms with E-state index in [1.807, 2.05) is 0 Å². The smallest absolute Gasteiger partial charge is 0.419 e. The number of nitrogens with one attached hydrogen (secondary N) is 1. The molecule has 0 radical (unpaired) electrons. The number of aryl methyl sites for hydroxylation is 1. The van der Waals surface area contributed by atoms with Crippen LogP contribution in [-0.4, -0.2) is 47.3 Å². The van der Waals surface area contributed by atoms with E-state index in [-0.39, 0.29) is 23.6 Å². The summed E-state index contributed by atoms with van der Waals surface area (Å²) >= 11 is 0. The van der Waals surface area contributed by atoms with Crippen molar-refractivity contribution in [2.24, 2.45) is 12.8 Å². The van der Waals surface area contributed by atoms with Gasteiger partial charge in [0, 0.05) is 19.7 Å². The van der Waals surface area contributed by atoms with Crippen molar-refractivity contribution in [3.8, 4) is 0 Å². The van der Waals surface area contributed by atoms with Crippen molar-refractivity contribution in [3.63, 3.8) is 0 Å². The number of carbonyl (C=O) groups is 3. The molecule has 13 nitrogen and oxygen atoms in total. The standard InChI is InChI=1S/C17H13N7O6/c1-23-9-4-7(2-3-11(9)30-17(23)29)6-19-15(26)8-5-10(16(27)28)24-14(20-8)12(13(18)25)21-22-24/h2-5H,6H2,1H3,(H2,18,25)(H,19,26)(H,27,28). The predicted octanol–water partition coefficient (Wildman–Crippen LogP) is -0.704. The maximum absolute atomic E-state index is 12.6. The molecule has 0 fully saturated rings. The minimum Gasteiger partial charge on any atom is -0.477 e. The molecule has 0 bridgehead atoms. The summed E-state index contributed by atoms with van der Waals surface area (Å²) in [6.45, 7) is 0.0591. The minimum absolute atomic E-state index is 0.0591. The molecule has 0 saturated carbocycles. The summed E-state index contributed by atoms with van der Waals surface area (Å²) in [6, 6.07) is 5.94. The van der Waals surface area contributed by atoms with E-state index >= 15 is 0 Å². The Kier molecular flexibility index (Phi) is 4.26. The third-order valence-electron chi connectivity index (χ3n) is 4.37. The Morgan fingerprint density at radius 1 is 1.27 bits per heavy atom. The molecule has 0 aliphatic rings. The Morgan fingerprint density at radius 2 is 2.03 bits per heavy atom. The van der Waals surface area contributed by atoms with Crippen LogP contribution in [0.5, 0.6) is 0 Å². The summed E-state index contributed by atoms with van der Waals surface area (Å²) in [6.07, 6.45) is 0. The van der Waals surface area contributed by atoms with Crippen LogP contribution < -0.4 is 16.8 Å². The van der Waals surface area contributed by atoms with E-state index in [9.17, 15) is 24.3 Å². The third kappa shape index (κ3) is 3.03. The number of carboxylic acid groups (broad SMARTS) is 1. The van der Waals surface area contributed by atoms with Gasteiger partial charge in [0.15, 0.2) is 22.6 Å². The van der Waals surface area contributed by atoms with Gasteiger partial charge in [0.2, 0.25) is 0 Å². The molecule has 0 atom stereocenters. The summed E-state index contributed by atoms with van der Waals surface area (Å²) in [7, 11) is 1.55. The summed E-state index contributed by atoms with van der Waals surface area (Å²) in [5.41, 5.74) is 5.53. The third-order valence-corrected chi connectivity index (χ3v) is 4.37. The monoisotopic (exact) mass is 411 g/mol. The average Bonchev–Trinajstić information content (AvgIpc) is 3.26. The highest BCUT2D eigenvalue weighted by atomic mass is 16.4. The topological polar surface area (TPSA) is 188 Å². The van der Waals surface area contributed by atoms with Crippen LogP contribution in [0, 0.1) is 0 Å². The Morgan fingerprint density at radius 3 is 2.73 bits per heavy atom. The van der Waals surface area contributed by atoms with Crippen molar-refractivity contribution in [1.29, 1.82) is 0 Å². The van der Waals surface area contributed by atoms with E-state index in [1.54, 1.807) is 25.2 Å². The molecule has 30 heavy (non-hydrogen) atoms. The van der Waals surface area contributed by atoms with Gasteiger partial charge in [-0.2, -0.15) is 4.52 Å². The van der Waals surface area contributed by atoms with Gasteiger partial charge in [-0.05, 0) is 17.7 Å². The van der Waals surface area contributed by atoms with E-state index in [4.69, 9.17) is 10.2 Å². The lowest BCUT2D eigenvalue weighted by atomic mass is 10.2. The van der Waals surface area contributed by atoms with Crippen molar-refractivity contribution in [2.75, 3.05) is 0 Å². The molecule has 0 spiro atoms. The Balaban J connectivity index is 1.65. The van der Waals surface area contributed by atoms with E-state index in [1.165, 1.54) is 4.57 Å². The van der Waals surface area contributed by atoms with Crippen molar-refractivity contribution >= 4 is 34.5 Å². The largest absolute Gasteiger partial charge is 0.477 e. The van der Waals surface area contributed by atoms with E-state index in [0.717, 1.165) is 10.6 Å². The lowest BCUT2D eigenvalue weighted by Gasteiger charge is -2.07. The zero-order valence-electron chi connectivity index (χ0n) is 15.3. The summed E-state index contributed by atoms with van der Waals surface area (Å²) < 4.78 is 7.19. The molecule has 13 heteroatoms. The Labute approximate surface area is 165 Å². The van der Waals surface area contributed by atoms with Gasteiger partial charge in [0.05, 0.1) is 5.52 Å². The first kappa shape index (κ1) is 18.8. The first-order chi connectivity index (χ1) is 14.3. The molecular formula is C17H13N7O6. The number of aromatic carboxylic acids is 1. The molecule has 2 amide bonds. The van der Waals surface area contributed by atoms with E-state index in [0.29, 0.717) is 16.7 Å². The van der Waals surface area contributed by atoms with Crippen molar-refractivity contribution < 1.29 is 23.9 Å². The molecule has 3 aromatic heterocycles. The van der Waals surface area contributed by atoms with Crippen molar-refractivity contribution in [1.82, 2.24) is 29.7 Å². The van der Waals surface area contributed by atoms with Gasteiger partial charge in [-0.25, -0.2) is 14.6 Å². The Bertz CT molecular complexity index is 1410. The minimum atomic E-state index is -1.40. The van der Waals surface area contributed by atoms with E-state index < -0.39 is 29.2 Å². The second-order valence-electron chi connectivity index (χ2n) is 6.28. The molecule has 4 rings (SSSR count). The number of benzene rings is 1. The van der Waals surface area contributed by atoms with Gasteiger partial charge >= 0.3 is 11.7 Å². The molecule has 0 aliphatic heterocycles. The lowest BCUT2D eigenvalue weighted by Crippen LogP contribution is -2.25. The first-order valence-electron chi connectivity index (χ1n) is 8.42. The Hall–Kier alpha value is -4.55. The van der Waals surface area contributed by atoms with E-state index in [2.05, 4.69) is 20.6 Å². The van der Waals surface area contributed by atoms with Crippen molar-refractivity contribution in [3.05, 3.63) is 57.5 Å². The van der Waals surface area contributed by atoms with Crippen LogP contribution in [-0.2, 0) is 13.6 Å². The number of amides is 2. The SMILES string of the molecule is Cn1c(=O)oc2ccc(CNC(=O)c3cc(C(=O)O)n4nnc(C(N)=O)c4n3)cc21. The number of carbonyl (C=O) groups excluding carboxylic acids is 2. The van der Waals surface area contributed by atoms with Crippen LogP contribution in [0.15, 0.2) is 33.5 Å². The molecule has 4 N–H and O–H groups in total. The lowest BCUT2D eigenvalue weighted by molar-refractivity contribution is 0.0686. The van der Waals surface area contributed by atoms with Crippen LogP contribution in [0.2, 0.25) is 0 Å². The number of rotatable bonds is 5. The van der Waals surface area contributed by atoms with Crippen molar-refractivity contribution in [2.45, 2.75) is 6.54 Å². The number of carboxylic acids is 1. The number of aromatic nitrogens is 5. The molecule has 152 valence electrons. The van der Waals surface area contributed by atoms with Crippen LogP contribution in [0.25, 0.3) is 16.7 Å². The van der Waals surface area contributed by atoms with Gasteiger partial charge in [-0.1, -0.05) is 11.3 Å². The first-order valence-corrected chi connectivity index (χ1v) is 8.42. The van der Waals surface area contributed by atoms with Gasteiger partial charge in [0.1, 0.15) is 5.69 Å². The van der Waals surface area contributed by atoms with Crippen LogP contribution in [0.1, 0.15) is 37.0 Å². The average molecular weight is 411 g/mol. The quantitative estimate of drug-likeness (QED) is 0.381. The van der Waals surface area contributed by atoms with Gasteiger partial charge in [0.25, 0.3) is 11.8 Å². The maximum atomic E-state index is 12.6. The van der Waals surface area contributed by atoms with Crippen LogP contribution in [0.3, 0.4) is 0 Å². The van der Waals surface area contributed by atoms with Gasteiger partial charge in [-0.15, -0.1) is 5.10 Å². The molecule has 4 aromatic rings. The van der Waals surface area contributed by atoms with Crippen LogP contribution in [0.4, 0.5) is 0 Å². The number of oxazole rings is 1. The summed E-state index contributed by atoms with van der Waals surface area (Å²) in [5, 5.41) is 19.0. The summed E-state index contributed by atoms with van der Waals surface area (Å²) in [5.74, 6) is -3.57. The zero-order chi connectivity index (χ0) is 21.6. The highest BCUT2D eigenvalue weighted by Crippen LogP contribution is 2.15. The highest BCUT2D eigenvalue weighted by molar-refractivity contribution is 6.00. The second kappa shape index (κ2) is 6.80. The number of fused-ring (bicyclic) bond motifs is 2. The van der Waals surface area contributed by atoms with Gasteiger partial charge in [-0.3, -0.25) is 14.2 Å². The fourth-order valence-corrected chi connectivity index (χ4v) is 2.86.